The molecule has 578 valence electrons. The maximum absolute atomic E-state index is 13.1. The molecule has 0 amide bonds. The van der Waals surface area contributed by atoms with E-state index in [1.807, 2.05) is 0 Å². The molecule has 0 aromatic heterocycles. The second kappa shape index (κ2) is 68.9. The van der Waals surface area contributed by atoms with Gasteiger partial charge in [-0.3, -0.25) is 37.3 Å². The van der Waals surface area contributed by atoms with Gasteiger partial charge < -0.3 is 33.8 Å². The maximum Gasteiger partial charge on any atom is 0.472 e. The molecular formula is C79H150O17P2. The highest BCUT2D eigenvalue weighted by atomic mass is 31.2. The standard InChI is InChI=1S/C79H150O17P2/c1-8-9-10-11-12-13-14-15-16-23-28-33-40-48-55-62-78(83)95-74(66-89-76(81)60-53-46-39-32-27-22-18-17-20-25-30-36-43-50-57-70(2)3)68-93-97(85,86)91-64-73(80)65-92-98(87,88)94-69-75(67-90-77(82)61-54-47-42-35-38-45-52-59-72(6)7)96-79(84)63-56-49-41-34-29-24-19-21-26-31-37-44-51-58-71(4)5/h13-16,70-75,80H,8-12,17-69H2,1-7H3,(H,85,86)(H,87,88)/b14-13-,16-15-/t73?,74-,75-/m1/s1. The molecule has 0 bridgehead atoms. The fraction of sp³-hybridized carbons (Fsp3) is 0.899. The number of carbonyl (C=O) groups is 4. The lowest BCUT2D eigenvalue weighted by Crippen LogP contribution is -2.30. The van der Waals surface area contributed by atoms with E-state index in [4.69, 9.17) is 37.0 Å². The molecule has 0 spiro atoms. The Labute approximate surface area is 599 Å². The van der Waals surface area contributed by atoms with Crippen molar-refractivity contribution in [1.29, 1.82) is 0 Å². The van der Waals surface area contributed by atoms with Crippen molar-refractivity contribution in [2.75, 3.05) is 39.6 Å². The average molecular weight is 1430 g/mol. The summed E-state index contributed by atoms with van der Waals surface area (Å²) in [6.07, 6.45) is 59.1. The zero-order valence-electron chi connectivity index (χ0n) is 63.7. The fourth-order valence-electron chi connectivity index (χ4n) is 11.6. The van der Waals surface area contributed by atoms with E-state index in [2.05, 4.69) is 72.8 Å². The lowest BCUT2D eigenvalue weighted by molar-refractivity contribution is -0.161. The molecule has 0 fully saturated rings. The van der Waals surface area contributed by atoms with E-state index in [0.29, 0.717) is 31.6 Å². The number of unbranched alkanes of at least 4 members (excludes halogenated alkanes) is 40. The predicted molar refractivity (Wildman–Crippen MR) is 400 cm³/mol. The summed E-state index contributed by atoms with van der Waals surface area (Å²) < 4.78 is 68.6. The third kappa shape index (κ3) is 71.9. The zero-order valence-corrected chi connectivity index (χ0v) is 65.5. The van der Waals surface area contributed by atoms with Crippen LogP contribution in [-0.2, 0) is 65.4 Å². The van der Waals surface area contributed by atoms with Crippen LogP contribution in [0, 0.1) is 17.8 Å². The highest BCUT2D eigenvalue weighted by Gasteiger charge is 2.30. The normalized spacial score (nSPS) is 14.2. The van der Waals surface area contributed by atoms with E-state index < -0.39 is 97.5 Å². The molecule has 5 atom stereocenters. The Bertz CT molecular complexity index is 2000. The summed E-state index contributed by atoms with van der Waals surface area (Å²) in [5.41, 5.74) is 0. The third-order valence-corrected chi connectivity index (χ3v) is 19.7. The average Bonchev–Trinajstić information content (AvgIpc) is 0.951. The van der Waals surface area contributed by atoms with E-state index in [0.717, 1.165) is 121 Å². The van der Waals surface area contributed by atoms with Crippen LogP contribution >= 0.6 is 15.6 Å². The van der Waals surface area contributed by atoms with Crippen molar-refractivity contribution in [1.82, 2.24) is 0 Å². The summed E-state index contributed by atoms with van der Waals surface area (Å²) in [4.78, 5) is 72.9. The molecule has 3 N–H and O–H groups in total. The van der Waals surface area contributed by atoms with Gasteiger partial charge in [0.25, 0.3) is 0 Å². The fourth-order valence-corrected chi connectivity index (χ4v) is 13.2. The number of aliphatic hydroxyl groups excluding tert-OH is 1. The van der Waals surface area contributed by atoms with Gasteiger partial charge in [-0.2, -0.15) is 0 Å². The van der Waals surface area contributed by atoms with Gasteiger partial charge in [-0.1, -0.05) is 330 Å². The Kier molecular flexibility index (Phi) is 67.2. The van der Waals surface area contributed by atoms with E-state index >= 15 is 0 Å². The summed E-state index contributed by atoms with van der Waals surface area (Å²) in [7, 11) is -9.93. The summed E-state index contributed by atoms with van der Waals surface area (Å²) >= 11 is 0. The first-order valence-electron chi connectivity index (χ1n) is 40.2. The van der Waals surface area contributed by atoms with Gasteiger partial charge in [0.1, 0.15) is 19.3 Å². The molecule has 0 saturated heterocycles. The molecule has 19 heteroatoms. The minimum atomic E-state index is -4.97. The number of esters is 4. The van der Waals surface area contributed by atoms with E-state index in [1.54, 1.807) is 0 Å². The quantitative estimate of drug-likeness (QED) is 0.0169. The Morgan fingerprint density at radius 3 is 0.827 bits per heavy atom. The number of phosphoric ester groups is 2. The minimum absolute atomic E-state index is 0.0850. The molecule has 0 rings (SSSR count). The molecule has 0 aromatic carbocycles. The minimum Gasteiger partial charge on any atom is -0.462 e. The van der Waals surface area contributed by atoms with Crippen LogP contribution < -0.4 is 0 Å². The first kappa shape index (κ1) is 95.5. The Hall–Kier alpha value is -2.46. The first-order chi connectivity index (χ1) is 47.2. The number of carbonyl (C=O) groups excluding carboxylic acids is 4. The third-order valence-electron chi connectivity index (χ3n) is 17.8. The van der Waals surface area contributed by atoms with Crippen LogP contribution in [0.15, 0.2) is 24.3 Å². The predicted octanol–water partition coefficient (Wildman–Crippen LogP) is 22.9. The van der Waals surface area contributed by atoms with Crippen LogP contribution in [0.25, 0.3) is 0 Å². The van der Waals surface area contributed by atoms with E-state index in [9.17, 15) is 43.2 Å². The summed E-state index contributed by atoms with van der Waals surface area (Å²) in [5, 5.41) is 10.6. The molecule has 0 aliphatic rings. The van der Waals surface area contributed by atoms with Crippen molar-refractivity contribution in [3.05, 3.63) is 24.3 Å². The van der Waals surface area contributed by atoms with Crippen LogP contribution in [0.5, 0.6) is 0 Å². The van der Waals surface area contributed by atoms with Crippen molar-refractivity contribution in [3.63, 3.8) is 0 Å². The van der Waals surface area contributed by atoms with Gasteiger partial charge in [0.2, 0.25) is 0 Å². The van der Waals surface area contributed by atoms with Gasteiger partial charge in [-0.05, 0) is 69.1 Å². The maximum atomic E-state index is 13.1. The van der Waals surface area contributed by atoms with Crippen LogP contribution in [-0.4, -0.2) is 96.7 Å². The molecule has 0 heterocycles. The smallest absolute Gasteiger partial charge is 0.462 e. The molecule has 17 nitrogen and oxygen atoms in total. The molecule has 0 aliphatic carbocycles. The topological polar surface area (TPSA) is 237 Å². The Balaban J connectivity index is 5.28. The van der Waals surface area contributed by atoms with Crippen LogP contribution in [0.2, 0.25) is 0 Å². The van der Waals surface area contributed by atoms with Gasteiger partial charge >= 0.3 is 39.5 Å². The number of hydrogen-bond acceptors (Lipinski definition) is 15. The Morgan fingerprint density at radius 1 is 0.316 bits per heavy atom. The van der Waals surface area contributed by atoms with Gasteiger partial charge in [0.05, 0.1) is 26.4 Å². The SMILES string of the molecule is CCCCCC/C=C\C=C/CCCCCCCC(=O)O[C@H](COC(=O)CCCCCCCCCCCCCCCCC(C)C)COP(=O)(O)OCC(O)COP(=O)(O)OC[C@@H](COC(=O)CCCCCCCCCC(C)C)OC(=O)CCCCCCCCCCCCCCCC(C)C. The molecule has 0 aliphatic heterocycles. The number of rotatable bonds is 75. The van der Waals surface area contributed by atoms with Crippen molar-refractivity contribution in [2.45, 2.75) is 401 Å². The lowest BCUT2D eigenvalue weighted by atomic mass is 10.0. The van der Waals surface area contributed by atoms with Crippen LogP contribution in [0.3, 0.4) is 0 Å². The number of aliphatic hydroxyl groups is 1. The van der Waals surface area contributed by atoms with Crippen molar-refractivity contribution < 1.29 is 80.2 Å². The molecular weight excluding hydrogens is 1280 g/mol. The highest BCUT2D eigenvalue weighted by Crippen LogP contribution is 2.45. The second-order valence-corrected chi connectivity index (χ2v) is 32.1. The highest BCUT2D eigenvalue weighted by molar-refractivity contribution is 7.47. The summed E-state index contributed by atoms with van der Waals surface area (Å²) in [5.74, 6) is 0.141. The van der Waals surface area contributed by atoms with Crippen molar-refractivity contribution in [3.8, 4) is 0 Å². The lowest BCUT2D eigenvalue weighted by Gasteiger charge is -2.21. The van der Waals surface area contributed by atoms with Crippen molar-refractivity contribution >= 4 is 39.5 Å². The Morgan fingerprint density at radius 2 is 0.551 bits per heavy atom. The summed E-state index contributed by atoms with van der Waals surface area (Å²) in [6.45, 7) is 11.8. The number of ether oxygens (including phenoxy) is 4. The molecule has 0 radical (unpaired) electrons. The molecule has 0 aromatic rings. The summed E-state index contributed by atoms with van der Waals surface area (Å²) in [6, 6.07) is 0. The van der Waals surface area contributed by atoms with E-state index in [-0.39, 0.29) is 25.7 Å². The molecule has 0 saturated carbocycles. The number of phosphoric acid groups is 2. The van der Waals surface area contributed by atoms with Crippen LogP contribution in [0.1, 0.15) is 382 Å². The van der Waals surface area contributed by atoms with Gasteiger partial charge in [-0.15, -0.1) is 0 Å². The number of allylic oxidation sites excluding steroid dienone is 4. The van der Waals surface area contributed by atoms with Gasteiger partial charge in [-0.25, -0.2) is 9.13 Å². The van der Waals surface area contributed by atoms with Crippen molar-refractivity contribution in [2.24, 2.45) is 17.8 Å². The second-order valence-electron chi connectivity index (χ2n) is 29.2. The van der Waals surface area contributed by atoms with Gasteiger partial charge in [0.15, 0.2) is 12.2 Å². The monoisotopic (exact) mass is 1430 g/mol. The van der Waals surface area contributed by atoms with Gasteiger partial charge in [0, 0.05) is 25.7 Å². The molecule has 3 unspecified atom stereocenters. The first-order valence-corrected chi connectivity index (χ1v) is 43.2. The van der Waals surface area contributed by atoms with E-state index in [1.165, 1.54) is 173 Å². The largest absolute Gasteiger partial charge is 0.472 e. The van der Waals surface area contributed by atoms with Crippen LogP contribution in [0.4, 0.5) is 0 Å². The number of hydrogen-bond donors (Lipinski definition) is 3. The zero-order chi connectivity index (χ0) is 72.3. The molecule has 98 heavy (non-hydrogen) atoms.